The normalized spacial score (nSPS) is 19.8. The Morgan fingerprint density at radius 1 is 1.08 bits per heavy atom. The second-order valence-corrected chi connectivity index (χ2v) is 3.44. The predicted octanol–water partition coefficient (Wildman–Crippen LogP) is 0.0206. The van der Waals surface area contributed by atoms with Crippen LogP contribution in [0.3, 0.4) is 0 Å². The van der Waals surface area contributed by atoms with Crippen LogP contribution in [0.2, 0.25) is 0 Å². The number of hydrogen-bond acceptors (Lipinski definition) is 3. The average Bonchev–Trinajstić information content (AvgIpc) is 2.14. The molecule has 0 atom stereocenters. The summed E-state index contributed by atoms with van der Waals surface area (Å²) in [4.78, 5) is 2.53. The third kappa shape index (κ3) is 4.04. The molecule has 0 aromatic carbocycles. The molecule has 72 valence electrons. The maximum absolute atomic E-state index is 5.37. The quantitative estimate of drug-likeness (QED) is 0.573. The lowest BCUT2D eigenvalue weighted by Crippen LogP contribution is -2.37. The van der Waals surface area contributed by atoms with Crippen molar-refractivity contribution in [1.29, 1.82) is 0 Å². The molecule has 0 aliphatic carbocycles. The van der Waals surface area contributed by atoms with Crippen molar-refractivity contribution in [3.8, 4) is 0 Å². The van der Waals surface area contributed by atoms with Gasteiger partial charge in [-0.1, -0.05) is 6.42 Å². The lowest BCUT2D eigenvalue weighted by atomic mass is 10.1. The Morgan fingerprint density at radius 3 is 2.50 bits per heavy atom. The molecular weight excluding hydrogens is 150 g/mol. The van der Waals surface area contributed by atoms with E-state index in [0.717, 1.165) is 19.6 Å². The summed E-state index contributed by atoms with van der Waals surface area (Å²) in [6.45, 7) is 6.58. The summed E-state index contributed by atoms with van der Waals surface area (Å²) in [6.07, 6.45) is 4.19. The van der Waals surface area contributed by atoms with Gasteiger partial charge in [-0.05, 0) is 25.9 Å². The SMILES string of the molecule is NCCNCCN1CCCCC1. The molecule has 3 nitrogen and oxygen atoms in total. The van der Waals surface area contributed by atoms with E-state index in [0.29, 0.717) is 0 Å². The van der Waals surface area contributed by atoms with Crippen LogP contribution in [0.1, 0.15) is 19.3 Å². The molecule has 0 bridgehead atoms. The lowest BCUT2D eigenvalue weighted by molar-refractivity contribution is 0.229. The topological polar surface area (TPSA) is 41.3 Å². The third-order valence-corrected chi connectivity index (χ3v) is 2.37. The van der Waals surface area contributed by atoms with Crippen molar-refractivity contribution in [3.05, 3.63) is 0 Å². The Morgan fingerprint density at radius 2 is 1.83 bits per heavy atom. The minimum absolute atomic E-state index is 0.750. The number of nitrogens with zero attached hydrogens (tertiary/aromatic N) is 1. The van der Waals surface area contributed by atoms with Crippen LogP contribution in [0.4, 0.5) is 0 Å². The first kappa shape index (κ1) is 9.96. The predicted molar refractivity (Wildman–Crippen MR) is 52.2 cm³/mol. The second kappa shape index (κ2) is 6.40. The molecule has 0 saturated carbocycles. The minimum atomic E-state index is 0.750. The fourth-order valence-corrected chi connectivity index (χ4v) is 1.65. The van der Waals surface area contributed by atoms with Crippen molar-refractivity contribution >= 4 is 0 Å². The molecule has 1 fully saturated rings. The number of rotatable bonds is 5. The minimum Gasteiger partial charge on any atom is -0.329 e. The van der Waals surface area contributed by atoms with Gasteiger partial charge in [-0.15, -0.1) is 0 Å². The van der Waals surface area contributed by atoms with Gasteiger partial charge in [0.15, 0.2) is 0 Å². The van der Waals surface area contributed by atoms with Gasteiger partial charge < -0.3 is 16.0 Å². The molecule has 0 aromatic rings. The van der Waals surface area contributed by atoms with Crippen molar-refractivity contribution in [3.63, 3.8) is 0 Å². The highest BCUT2D eigenvalue weighted by molar-refractivity contribution is 4.65. The third-order valence-electron chi connectivity index (χ3n) is 2.37. The molecule has 0 aromatic heterocycles. The lowest BCUT2D eigenvalue weighted by Gasteiger charge is -2.26. The van der Waals surface area contributed by atoms with Crippen LogP contribution >= 0.6 is 0 Å². The first-order valence-electron chi connectivity index (χ1n) is 5.06. The Bertz CT molecular complexity index is 99.9. The highest BCUT2D eigenvalue weighted by atomic mass is 15.1. The molecule has 3 N–H and O–H groups in total. The summed E-state index contributed by atoms with van der Waals surface area (Å²) < 4.78 is 0. The zero-order valence-electron chi connectivity index (χ0n) is 7.89. The maximum Gasteiger partial charge on any atom is 0.0107 e. The Kier molecular flexibility index (Phi) is 5.32. The molecule has 1 aliphatic rings. The Labute approximate surface area is 75.3 Å². The van der Waals surface area contributed by atoms with Gasteiger partial charge in [-0.2, -0.15) is 0 Å². The Hall–Kier alpha value is -0.120. The van der Waals surface area contributed by atoms with Crippen molar-refractivity contribution in [2.45, 2.75) is 19.3 Å². The monoisotopic (exact) mass is 171 g/mol. The zero-order valence-corrected chi connectivity index (χ0v) is 7.89. The fraction of sp³-hybridized carbons (Fsp3) is 1.00. The molecule has 0 radical (unpaired) electrons. The standard InChI is InChI=1S/C9H21N3/c10-4-5-11-6-9-12-7-2-1-3-8-12/h11H,1-10H2. The number of hydrogen-bond donors (Lipinski definition) is 2. The van der Waals surface area contributed by atoms with Gasteiger partial charge in [0.2, 0.25) is 0 Å². The summed E-state index contributed by atoms with van der Waals surface area (Å²) >= 11 is 0. The van der Waals surface area contributed by atoms with Gasteiger partial charge in [0.05, 0.1) is 0 Å². The van der Waals surface area contributed by atoms with Gasteiger partial charge in [0, 0.05) is 26.2 Å². The van der Waals surface area contributed by atoms with E-state index in [4.69, 9.17) is 5.73 Å². The number of likely N-dealkylation sites (tertiary alicyclic amines) is 1. The maximum atomic E-state index is 5.37. The van der Waals surface area contributed by atoms with Crippen LogP contribution in [0.5, 0.6) is 0 Å². The van der Waals surface area contributed by atoms with Gasteiger partial charge >= 0.3 is 0 Å². The summed E-state index contributed by atoms with van der Waals surface area (Å²) in [5, 5.41) is 3.32. The van der Waals surface area contributed by atoms with E-state index in [1.165, 1.54) is 38.9 Å². The molecule has 1 saturated heterocycles. The van der Waals surface area contributed by atoms with E-state index < -0.39 is 0 Å². The van der Waals surface area contributed by atoms with Gasteiger partial charge in [-0.3, -0.25) is 0 Å². The first-order chi connectivity index (χ1) is 5.93. The van der Waals surface area contributed by atoms with Crippen molar-refractivity contribution in [2.24, 2.45) is 5.73 Å². The molecule has 1 heterocycles. The van der Waals surface area contributed by atoms with Gasteiger partial charge in [-0.25, -0.2) is 0 Å². The first-order valence-corrected chi connectivity index (χ1v) is 5.06. The van der Waals surface area contributed by atoms with Crippen molar-refractivity contribution in [1.82, 2.24) is 10.2 Å². The van der Waals surface area contributed by atoms with E-state index in [9.17, 15) is 0 Å². The van der Waals surface area contributed by atoms with Crippen LogP contribution in [-0.2, 0) is 0 Å². The van der Waals surface area contributed by atoms with E-state index >= 15 is 0 Å². The summed E-state index contributed by atoms with van der Waals surface area (Å²) in [5.41, 5.74) is 5.37. The fourth-order valence-electron chi connectivity index (χ4n) is 1.65. The zero-order chi connectivity index (χ0) is 8.65. The molecule has 12 heavy (non-hydrogen) atoms. The smallest absolute Gasteiger partial charge is 0.0107 e. The van der Waals surface area contributed by atoms with Crippen LogP contribution in [0, 0.1) is 0 Å². The van der Waals surface area contributed by atoms with Crippen molar-refractivity contribution < 1.29 is 0 Å². The van der Waals surface area contributed by atoms with E-state index in [1.807, 2.05) is 0 Å². The summed E-state index contributed by atoms with van der Waals surface area (Å²) in [6, 6.07) is 0. The highest BCUT2D eigenvalue weighted by Gasteiger charge is 2.08. The summed E-state index contributed by atoms with van der Waals surface area (Å²) in [7, 11) is 0. The van der Waals surface area contributed by atoms with Gasteiger partial charge in [0.25, 0.3) is 0 Å². The van der Waals surface area contributed by atoms with Crippen LogP contribution < -0.4 is 11.1 Å². The van der Waals surface area contributed by atoms with Crippen molar-refractivity contribution in [2.75, 3.05) is 39.3 Å². The van der Waals surface area contributed by atoms with E-state index in [1.54, 1.807) is 0 Å². The number of nitrogens with one attached hydrogen (secondary N) is 1. The molecule has 0 spiro atoms. The largest absolute Gasteiger partial charge is 0.329 e. The summed E-state index contributed by atoms with van der Waals surface area (Å²) in [5.74, 6) is 0. The highest BCUT2D eigenvalue weighted by Crippen LogP contribution is 2.06. The molecule has 0 amide bonds. The number of piperidine rings is 1. The molecule has 0 unspecified atom stereocenters. The molecule has 1 rings (SSSR count). The Balaban J connectivity index is 1.91. The van der Waals surface area contributed by atoms with Crippen LogP contribution in [0.15, 0.2) is 0 Å². The molecule has 3 heteroatoms. The number of nitrogens with two attached hydrogens (primary N) is 1. The second-order valence-electron chi connectivity index (χ2n) is 3.44. The van der Waals surface area contributed by atoms with Crippen LogP contribution in [0.25, 0.3) is 0 Å². The molecule has 1 aliphatic heterocycles. The van der Waals surface area contributed by atoms with Crippen LogP contribution in [-0.4, -0.2) is 44.2 Å². The molecular formula is C9H21N3. The average molecular weight is 171 g/mol. The van der Waals surface area contributed by atoms with E-state index in [2.05, 4.69) is 10.2 Å². The van der Waals surface area contributed by atoms with Gasteiger partial charge in [0.1, 0.15) is 0 Å². The van der Waals surface area contributed by atoms with E-state index in [-0.39, 0.29) is 0 Å².